The molecule has 1 fully saturated rings. The Labute approximate surface area is 96.3 Å². The fraction of sp³-hybridized carbons (Fsp3) is 0.636. The molecule has 1 saturated carbocycles. The Morgan fingerprint density at radius 1 is 1.50 bits per heavy atom. The van der Waals surface area contributed by atoms with E-state index in [9.17, 15) is 0 Å². The molecule has 1 heterocycles. The fourth-order valence-electron chi connectivity index (χ4n) is 1.86. The first-order chi connectivity index (χ1) is 6.29. The highest BCUT2D eigenvalue weighted by Gasteiger charge is 2.30. The normalized spacial score (nSPS) is 18.4. The maximum Gasteiger partial charge on any atom is 0.0299 e. The van der Waals surface area contributed by atoms with Crippen LogP contribution in [0.2, 0.25) is 0 Å². The molecule has 0 unspecified atom stereocenters. The van der Waals surface area contributed by atoms with Gasteiger partial charge in [-0.2, -0.15) is 0 Å². The van der Waals surface area contributed by atoms with Gasteiger partial charge in [-0.1, -0.05) is 19.4 Å². The Kier molecular flexibility index (Phi) is 4.42. The largest absolute Gasteiger partial charge is 0.311 e. The summed E-state index contributed by atoms with van der Waals surface area (Å²) >= 11 is 1.84. The van der Waals surface area contributed by atoms with Crippen molar-refractivity contribution in [3.63, 3.8) is 0 Å². The lowest BCUT2D eigenvalue weighted by molar-refractivity contribution is 0.156. The molecule has 0 saturated heterocycles. The molecule has 1 aliphatic rings. The smallest absolute Gasteiger partial charge is 0.0299 e. The monoisotopic (exact) mass is 231 g/mol. The second-order valence-electron chi connectivity index (χ2n) is 4.35. The first kappa shape index (κ1) is 12.0. The van der Waals surface area contributed by atoms with E-state index in [-0.39, 0.29) is 12.4 Å². The van der Waals surface area contributed by atoms with E-state index in [0.717, 1.165) is 6.54 Å². The minimum absolute atomic E-state index is 0. The number of halogens is 1. The number of thiophene rings is 1. The van der Waals surface area contributed by atoms with Crippen molar-refractivity contribution in [2.45, 2.75) is 32.7 Å². The second-order valence-corrected chi connectivity index (χ2v) is 5.38. The molecule has 80 valence electrons. The van der Waals surface area contributed by atoms with Gasteiger partial charge >= 0.3 is 0 Å². The summed E-state index contributed by atoms with van der Waals surface area (Å²) in [5.74, 6) is 0. The van der Waals surface area contributed by atoms with Crippen LogP contribution in [0, 0.1) is 5.41 Å². The molecule has 0 aliphatic heterocycles. The van der Waals surface area contributed by atoms with Crippen molar-refractivity contribution in [3.05, 3.63) is 22.4 Å². The van der Waals surface area contributed by atoms with E-state index in [1.54, 1.807) is 0 Å². The summed E-state index contributed by atoms with van der Waals surface area (Å²) in [5.41, 5.74) is 0.608. The topological polar surface area (TPSA) is 12.0 Å². The van der Waals surface area contributed by atoms with Crippen LogP contribution in [0.1, 0.15) is 31.1 Å². The predicted molar refractivity (Wildman–Crippen MR) is 65.2 cm³/mol. The molecule has 14 heavy (non-hydrogen) atoms. The molecule has 0 amide bonds. The van der Waals surface area contributed by atoms with Gasteiger partial charge in [-0.05, 0) is 29.7 Å². The van der Waals surface area contributed by atoms with Crippen LogP contribution >= 0.6 is 23.7 Å². The number of rotatable bonds is 4. The third-order valence-electron chi connectivity index (χ3n) is 2.99. The summed E-state index contributed by atoms with van der Waals surface area (Å²) in [4.78, 5) is 1.45. The van der Waals surface area contributed by atoms with Crippen LogP contribution in [0.3, 0.4) is 0 Å². The lowest BCUT2D eigenvalue weighted by Gasteiger charge is -2.38. The van der Waals surface area contributed by atoms with Crippen molar-refractivity contribution >= 4 is 23.7 Å². The average molecular weight is 232 g/mol. The molecular formula is C11H18ClNS. The highest BCUT2D eigenvalue weighted by molar-refractivity contribution is 7.09. The van der Waals surface area contributed by atoms with Gasteiger partial charge in [0.15, 0.2) is 0 Å². The van der Waals surface area contributed by atoms with E-state index >= 15 is 0 Å². The number of nitrogens with one attached hydrogen (secondary N) is 1. The quantitative estimate of drug-likeness (QED) is 0.837. The third-order valence-corrected chi connectivity index (χ3v) is 3.87. The van der Waals surface area contributed by atoms with Gasteiger partial charge in [-0.15, -0.1) is 23.7 Å². The van der Waals surface area contributed by atoms with E-state index in [4.69, 9.17) is 0 Å². The molecule has 0 atom stereocenters. The molecule has 3 heteroatoms. The number of hydrogen-bond donors (Lipinski definition) is 1. The molecule has 0 aromatic carbocycles. The maximum absolute atomic E-state index is 3.54. The molecule has 0 bridgehead atoms. The van der Waals surface area contributed by atoms with Gasteiger partial charge in [-0.3, -0.25) is 0 Å². The van der Waals surface area contributed by atoms with Gasteiger partial charge in [0.2, 0.25) is 0 Å². The van der Waals surface area contributed by atoms with Gasteiger partial charge in [0.05, 0.1) is 0 Å². The van der Waals surface area contributed by atoms with Crippen LogP contribution in [0.25, 0.3) is 0 Å². The predicted octanol–water partition coefficient (Wildman–Crippen LogP) is 3.45. The highest BCUT2D eigenvalue weighted by Crippen LogP contribution is 2.39. The lowest BCUT2D eigenvalue weighted by atomic mass is 9.70. The van der Waals surface area contributed by atoms with E-state index in [1.807, 2.05) is 11.3 Å². The maximum atomic E-state index is 3.54. The molecule has 2 rings (SSSR count). The Morgan fingerprint density at radius 2 is 2.29 bits per heavy atom. The zero-order valence-electron chi connectivity index (χ0n) is 8.58. The summed E-state index contributed by atoms with van der Waals surface area (Å²) in [7, 11) is 0. The van der Waals surface area contributed by atoms with Crippen LogP contribution in [0.15, 0.2) is 17.5 Å². The first-order valence-corrected chi connectivity index (χ1v) is 5.90. The van der Waals surface area contributed by atoms with Gasteiger partial charge in [-0.25, -0.2) is 0 Å². The minimum Gasteiger partial charge on any atom is -0.311 e. The van der Waals surface area contributed by atoms with E-state index in [1.165, 1.54) is 30.7 Å². The minimum atomic E-state index is 0. The third kappa shape index (κ3) is 2.97. The SMILES string of the molecule is CC1(CNCc2cccs2)CCC1.Cl. The van der Waals surface area contributed by atoms with Crippen molar-refractivity contribution in [2.24, 2.45) is 5.41 Å². The van der Waals surface area contributed by atoms with Crippen LogP contribution in [0.5, 0.6) is 0 Å². The van der Waals surface area contributed by atoms with Crippen LogP contribution < -0.4 is 5.32 Å². The standard InChI is InChI=1S/C11H17NS.ClH/c1-11(5-3-6-11)9-12-8-10-4-2-7-13-10;/h2,4,7,12H,3,5-6,8-9H2,1H3;1H. The van der Waals surface area contributed by atoms with Crippen molar-refractivity contribution < 1.29 is 0 Å². The van der Waals surface area contributed by atoms with Crippen molar-refractivity contribution in [3.8, 4) is 0 Å². The lowest BCUT2D eigenvalue weighted by Crippen LogP contribution is -2.36. The van der Waals surface area contributed by atoms with E-state index in [2.05, 4.69) is 29.8 Å². The Bertz CT molecular complexity index is 254. The molecule has 1 aromatic rings. The molecule has 0 spiro atoms. The van der Waals surface area contributed by atoms with E-state index in [0.29, 0.717) is 5.41 Å². The molecule has 1 nitrogen and oxygen atoms in total. The highest BCUT2D eigenvalue weighted by atomic mass is 35.5. The Morgan fingerprint density at radius 3 is 2.79 bits per heavy atom. The summed E-state index contributed by atoms with van der Waals surface area (Å²) in [5, 5.41) is 5.68. The van der Waals surface area contributed by atoms with Crippen molar-refractivity contribution in [2.75, 3.05) is 6.54 Å². The van der Waals surface area contributed by atoms with E-state index < -0.39 is 0 Å². The van der Waals surface area contributed by atoms with Crippen molar-refractivity contribution in [1.82, 2.24) is 5.32 Å². The van der Waals surface area contributed by atoms with Gasteiger partial charge in [0.25, 0.3) is 0 Å². The second kappa shape index (κ2) is 5.15. The number of hydrogen-bond acceptors (Lipinski definition) is 2. The van der Waals surface area contributed by atoms with Crippen LogP contribution in [-0.2, 0) is 6.54 Å². The first-order valence-electron chi connectivity index (χ1n) is 5.02. The summed E-state index contributed by atoms with van der Waals surface area (Å²) in [6.45, 7) is 4.62. The average Bonchev–Trinajstić information content (AvgIpc) is 2.54. The van der Waals surface area contributed by atoms with Gasteiger partial charge < -0.3 is 5.32 Å². The summed E-state index contributed by atoms with van der Waals surface area (Å²) in [6, 6.07) is 4.31. The fourth-order valence-corrected chi connectivity index (χ4v) is 2.53. The summed E-state index contributed by atoms with van der Waals surface area (Å²) < 4.78 is 0. The molecule has 1 N–H and O–H groups in total. The summed E-state index contributed by atoms with van der Waals surface area (Å²) in [6.07, 6.45) is 4.24. The molecule has 1 aromatic heterocycles. The van der Waals surface area contributed by atoms with Gasteiger partial charge in [0.1, 0.15) is 0 Å². The van der Waals surface area contributed by atoms with Crippen LogP contribution in [0.4, 0.5) is 0 Å². The van der Waals surface area contributed by atoms with Crippen LogP contribution in [-0.4, -0.2) is 6.54 Å². The Hall–Kier alpha value is -0.0500. The molecule has 1 aliphatic carbocycles. The zero-order chi connectivity index (χ0) is 9.15. The zero-order valence-corrected chi connectivity index (χ0v) is 10.2. The Balaban J connectivity index is 0.000000980. The van der Waals surface area contributed by atoms with Crippen molar-refractivity contribution in [1.29, 1.82) is 0 Å². The van der Waals surface area contributed by atoms with Gasteiger partial charge in [0, 0.05) is 18.0 Å². The molecule has 0 radical (unpaired) electrons. The molecular weight excluding hydrogens is 214 g/mol.